The number of anilines is 1. The molecule has 0 spiro atoms. The summed E-state index contributed by atoms with van der Waals surface area (Å²) < 4.78 is 14.2. The van der Waals surface area contributed by atoms with Gasteiger partial charge in [0, 0.05) is 16.7 Å². The second-order valence-corrected chi connectivity index (χ2v) is 5.15. The van der Waals surface area contributed by atoms with E-state index in [4.69, 9.17) is 5.26 Å². The van der Waals surface area contributed by atoms with E-state index in [1.165, 1.54) is 6.07 Å². The first-order valence-electron chi connectivity index (χ1n) is 5.78. The summed E-state index contributed by atoms with van der Waals surface area (Å²) >= 11 is 3.42. The lowest BCUT2D eigenvalue weighted by atomic mass is 10.1. The molecule has 0 saturated heterocycles. The Morgan fingerprint density at radius 3 is 2.79 bits per heavy atom. The standard InChI is InChI=1S/C15H12BrFN2/c1-10-2-4-13(16)7-15(10)19-9-11-3-5-14(17)12(6-11)8-18/h2-7,19H,9H2,1H3. The Kier molecular flexibility index (Phi) is 4.18. The van der Waals surface area contributed by atoms with E-state index in [1.807, 2.05) is 31.2 Å². The van der Waals surface area contributed by atoms with Crippen molar-refractivity contribution in [1.29, 1.82) is 5.26 Å². The number of benzene rings is 2. The van der Waals surface area contributed by atoms with Gasteiger partial charge in [0.25, 0.3) is 0 Å². The van der Waals surface area contributed by atoms with E-state index in [-0.39, 0.29) is 5.56 Å². The molecule has 1 N–H and O–H groups in total. The van der Waals surface area contributed by atoms with Gasteiger partial charge in [-0.3, -0.25) is 0 Å². The van der Waals surface area contributed by atoms with E-state index in [2.05, 4.69) is 21.2 Å². The van der Waals surface area contributed by atoms with Gasteiger partial charge in [-0.15, -0.1) is 0 Å². The first-order chi connectivity index (χ1) is 9.10. The Hall–Kier alpha value is -1.86. The van der Waals surface area contributed by atoms with Gasteiger partial charge >= 0.3 is 0 Å². The second kappa shape index (κ2) is 5.85. The highest BCUT2D eigenvalue weighted by molar-refractivity contribution is 9.10. The zero-order valence-electron chi connectivity index (χ0n) is 10.4. The quantitative estimate of drug-likeness (QED) is 0.911. The average molecular weight is 319 g/mol. The molecule has 0 unspecified atom stereocenters. The molecule has 0 bridgehead atoms. The van der Waals surface area contributed by atoms with Crippen molar-refractivity contribution in [3.8, 4) is 6.07 Å². The van der Waals surface area contributed by atoms with Gasteiger partial charge in [-0.2, -0.15) is 5.26 Å². The van der Waals surface area contributed by atoms with Crippen LogP contribution in [-0.2, 0) is 6.54 Å². The van der Waals surface area contributed by atoms with Gasteiger partial charge in [-0.05, 0) is 42.3 Å². The van der Waals surface area contributed by atoms with E-state index >= 15 is 0 Å². The van der Waals surface area contributed by atoms with Crippen LogP contribution < -0.4 is 5.32 Å². The van der Waals surface area contributed by atoms with Crippen LogP contribution in [0, 0.1) is 24.1 Å². The number of aryl methyl sites for hydroxylation is 1. The molecule has 96 valence electrons. The van der Waals surface area contributed by atoms with Crippen LogP contribution in [-0.4, -0.2) is 0 Å². The predicted octanol–water partition coefficient (Wildman–Crippen LogP) is 4.38. The van der Waals surface area contributed by atoms with Gasteiger partial charge in [0.05, 0.1) is 5.56 Å². The van der Waals surface area contributed by atoms with Crippen LogP contribution in [0.2, 0.25) is 0 Å². The van der Waals surface area contributed by atoms with Crippen molar-refractivity contribution in [2.24, 2.45) is 0 Å². The van der Waals surface area contributed by atoms with Crippen molar-refractivity contribution in [2.45, 2.75) is 13.5 Å². The number of hydrogen-bond acceptors (Lipinski definition) is 2. The summed E-state index contributed by atoms with van der Waals surface area (Å²) in [4.78, 5) is 0. The Morgan fingerprint density at radius 1 is 1.26 bits per heavy atom. The molecule has 19 heavy (non-hydrogen) atoms. The maximum atomic E-state index is 13.2. The molecule has 0 atom stereocenters. The molecule has 0 fully saturated rings. The SMILES string of the molecule is Cc1ccc(Br)cc1NCc1ccc(F)c(C#N)c1. The summed E-state index contributed by atoms with van der Waals surface area (Å²) in [6.45, 7) is 2.56. The molecule has 2 nitrogen and oxygen atoms in total. The molecule has 0 aliphatic heterocycles. The number of halogens is 2. The molecule has 0 saturated carbocycles. The maximum Gasteiger partial charge on any atom is 0.140 e. The van der Waals surface area contributed by atoms with Crippen LogP contribution in [0.3, 0.4) is 0 Å². The number of nitriles is 1. The summed E-state index contributed by atoms with van der Waals surface area (Å²) in [5.74, 6) is -0.482. The Morgan fingerprint density at radius 2 is 2.05 bits per heavy atom. The monoisotopic (exact) mass is 318 g/mol. The number of nitrogens with zero attached hydrogens (tertiary/aromatic N) is 1. The Balaban J connectivity index is 2.15. The van der Waals surface area contributed by atoms with Crippen LogP contribution in [0.25, 0.3) is 0 Å². The number of rotatable bonds is 3. The van der Waals surface area contributed by atoms with Gasteiger partial charge in [-0.25, -0.2) is 4.39 Å². The minimum Gasteiger partial charge on any atom is -0.381 e. The van der Waals surface area contributed by atoms with Crippen LogP contribution >= 0.6 is 15.9 Å². The van der Waals surface area contributed by atoms with Crippen molar-refractivity contribution in [2.75, 3.05) is 5.32 Å². The van der Waals surface area contributed by atoms with Gasteiger partial charge < -0.3 is 5.32 Å². The highest BCUT2D eigenvalue weighted by Gasteiger charge is 2.04. The predicted molar refractivity (Wildman–Crippen MR) is 77.3 cm³/mol. The zero-order valence-corrected chi connectivity index (χ0v) is 12.0. The van der Waals surface area contributed by atoms with E-state index in [0.29, 0.717) is 6.54 Å². The van der Waals surface area contributed by atoms with Crippen molar-refractivity contribution < 1.29 is 4.39 Å². The first kappa shape index (κ1) is 13.6. The third-order valence-corrected chi connectivity index (χ3v) is 3.33. The summed E-state index contributed by atoms with van der Waals surface area (Å²) in [5, 5.41) is 12.1. The van der Waals surface area contributed by atoms with E-state index in [0.717, 1.165) is 21.3 Å². The molecule has 0 amide bonds. The highest BCUT2D eigenvalue weighted by Crippen LogP contribution is 2.21. The fourth-order valence-corrected chi connectivity index (χ4v) is 2.11. The maximum absolute atomic E-state index is 13.2. The van der Waals surface area contributed by atoms with Crippen molar-refractivity contribution in [3.63, 3.8) is 0 Å². The molecule has 0 aliphatic carbocycles. The molecular weight excluding hydrogens is 307 g/mol. The van der Waals surface area contributed by atoms with Crippen LogP contribution in [0.1, 0.15) is 16.7 Å². The molecule has 0 aromatic heterocycles. The van der Waals surface area contributed by atoms with Gasteiger partial charge in [0.1, 0.15) is 11.9 Å². The molecule has 2 rings (SSSR count). The largest absolute Gasteiger partial charge is 0.381 e. The van der Waals surface area contributed by atoms with Gasteiger partial charge in [0.15, 0.2) is 0 Å². The summed E-state index contributed by atoms with van der Waals surface area (Å²) in [5.41, 5.74) is 3.09. The lowest BCUT2D eigenvalue weighted by molar-refractivity contribution is 0.623. The van der Waals surface area contributed by atoms with Crippen LogP contribution in [0.5, 0.6) is 0 Å². The number of hydrogen-bond donors (Lipinski definition) is 1. The van der Waals surface area contributed by atoms with Crippen LogP contribution in [0.4, 0.5) is 10.1 Å². The molecule has 0 radical (unpaired) electrons. The molecule has 2 aromatic rings. The lowest BCUT2D eigenvalue weighted by Crippen LogP contribution is -2.02. The molecule has 0 heterocycles. The zero-order chi connectivity index (χ0) is 13.8. The minimum absolute atomic E-state index is 0.0743. The van der Waals surface area contributed by atoms with Crippen molar-refractivity contribution in [1.82, 2.24) is 0 Å². The van der Waals surface area contributed by atoms with Gasteiger partial charge in [-0.1, -0.05) is 28.1 Å². The fraction of sp³-hybridized carbons (Fsp3) is 0.133. The third-order valence-electron chi connectivity index (χ3n) is 2.83. The first-order valence-corrected chi connectivity index (χ1v) is 6.58. The van der Waals surface area contributed by atoms with Gasteiger partial charge in [0.2, 0.25) is 0 Å². The molecule has 2 aromatic carbocycles. The Bertz CT molecular complexity index is 647. The summed E-state index contributed by atoms with van der Waals surface area (Å²) in [7, 11) is 0. The fourth-order valence-electron chi connectivity index (χ4n) is 1.75. The highest BCUT2D eigenvalue weighted by atomic mass is 79.9. The third kappa shape index (κ3) is 3.33. The minimum atomic E-state index is -0.482. The van der Waals surface area contributed by atoms with E-state index in [9.17, 15) is 4.39 Å². The summed E-state index contributed by atoms with van der Waals surface area (Å²) in [6, 6.07) is 12.4. The van der Waals surface area contributed by atoms with E-state index in [1.54, 1.807) is 12.1 Å². The summed E-state index contributed by atoms with van der Waals surface area (Å²) in [6.07, 6.45) is 0. The second-order valence-electron chi connectivity index (χ2n) is 4.24. The molecule has 0 aliphatic rings. The normalized spacial score (nSPS) is 10.0. The lowest BCUT2D eigenvalue weighted by Gasteiger charge is -2.10. The topological polar surface area (TPSA) is 35.8 Å². The van der Waals surface area contributed by atoms with E-state index < -0.39 is 5.82 Å². The molecule has 4 heteroatoms. The van der Waals surface area contributed by atoms with Crippen LogP contribution in [0.15, 0.2) is 40.9 Å². The Labute approximate surface area is 120 Å². The molecular formula is C15H12BrFN2. The smallest absolute Gasteiger partial charge is 0.140 e. The van der Waals surface area contributed by atoms with Crippen molar-refractivity contribution >= 4 is 21.6 Å². The number of nitrogens with one attached hydrogen (secondary N) is 1. The average Bonchev–Trinajstić information content (AvgIpc) is 2.41. The van der Waals surface area contributed by atoms with Crippen molar-refractivity contribution in [3.05, 3.63) is 63.4 Å².